The quantitative estimate of drug-likeness (QED) is 0.731. The standard InChI is InChI=1S/C11H21N3O2/c1-3-10(15)12-9-6-5-7-14(8-9)13-11(16)4-2/h9H,3-8H2,1-2H3,(H,12,15)(H,13,16). The minimum Gasteiger partial charge on any atom is -0.352 e. The van der Waals surface area contributed by atoms with E-state index < -0.39 is 0 Å². The van der Waals surface area contributed by atoms with Crippen molar-refractivity contribution < 1.29 is 9.59 Å². The summed E-state index contributed by atoms with van der Waals surface area (Å²) in [5.74, 6) is 0.108. The second-order valence-corrected chi connectivity index (χ2v) is 4.09. The number of nitrogens with zero attached hydrogens (tertiary/aromatic N) is 1. The van der Waals surface area contributed by atoms with Gasteiger partial charge in [0, 0.05) is 32.0 Å². The van der Waals surface area contributed by atoms with Gasteiger partial charge in [-0.15, -0.1) is 0 Å². The maximum absolute atomic E-state index is 11.2. The van der Waals surface area contributed by atoms with Gasteiger partial charge in [0.15, 0.2) is 0 Å². The number of carbonyl (C=O) groups excluding carboxylic acids is 2. The Balaban J connectivity index is 2.35. The maximum atomic E-state index is 11.2. The lowest BCUT2D eigenvalue weighted by Gasteiger charge is -2.33. The number of hydrogen-bond donors (Lipinski definition) is 2. The number of nitrogens with one attached hydrogen (secondary N) is 2. The molecule has 0 aromatic rings. The van der Waals surface area contributed by atoms with E-state index in [0.717, 1.165) is 19.4 Å². The Kier molecular flexibility index (Phi) is 5.25. The molecule has 1 atom stereocenters. The summed E-state index contributed by atoms with van der Waals surface area (Å²) in [6, 6.07) is 0.165. The van der Waals surface area contributed by atoms with Crippen LogP contribution < -0.4 is 10.7 Å². The highest BCUT2D eigenvalue weighted by Gasteiger charge is 2.21. The van der Waals surface area contributed by atoms with Crippen molar-refractivity contribution in [3.05, 3.63) is 0 Å². The molecular weight excluding hydrogens is 206 g/mol. The fraction of sp³-hybridized carbons (Fsp3) is 0.818. The summed E-state index contributed by atoms with van der Waals surface area (Å²) in [6.45, 7) is 5.24. The average molecular weight is 227 g/mol. The maximum Gasteiger partial charge on any atom is 0.233 e. The van der Waals surface area contributed by atoms with Crippen LogP contribution in [0.2, 0.25) is 0 Å². The highest BCUT2D eigenvalue weighted by molar-refractivity contribution is 5.76. The zero-order chi connectivity index (χ0) is 12.0. The molecule has 92 valence electrons. The summed E-state index contributed by atoms with van der Waals surface area (Å²) in [5.41, 5.74) is 2.83. The molecule has 0 aromatic carbocycles. The van der Waals surface area contributed by atoms with Gasteiger partial charge in [-0.25, -0.2) is 5.01 Å². The number of amides is 2. The summed E-state index contributed by atoms with van der Waals surface area (Å²) in [6.07, 6.45) is 2.99. The van der Waals surface area contributed by atoms with Gasteiger partial charge < -0.3 is 5.32 Å². The van der Waals surface area contributed by atoms with Crippen molar-refractivity contribution >= 4 is 11.8 Å². The molecule has 1 aliphatic heterocycles. The molecule has 0 bridgehead atoms. The smallest absolute Gasteiger partial charge is 0.233 e. The average Bonchev–Trinajstić information content (AvgIpc) is 2.29. The molecule has 1 rings (SSSR count). The van der Waals surface area contributed by atoms with Crippen molar-refractivity contribution in [2.45, 2.75) is 45.6 Å². The number of rotatable bonds is 4. The molecule has 1 saturated heterocycles. The summed E-state index contributed by atoms with van der Waals surface area (Å²) < 4.78 is 0. The van der Waals surface area contributed by atoms with Crippen molar-refractivity contribution in [2.75, 3.05) is 13.1 Å². The summed E-state index contributed by atoms with van der Waals surface area (Å²) in [4.78, 5) is 22.5. The Morgan fingerprint density at radius 3 is 2.56 bits per heavy atom. The zero-order valence-corrected chi connectivity index (χ0v) is 10.1. The molecule has 2 N–H and O–H groups in total. The van der Waals surface area contributed by atoms with Crippen LogP contribution in [0.15, 0.2) is 0 Å². The first kappa shape index (κ1) is 13.0. The van der Waals surface area contributed by atoms with Gasteiger partial charge in [-0.2, -0.15) is 0 Å². The van der Waals surface area contributed by atoms with E-state index in [1.54, 1.807) is 0 Å². The van der Waals surface area contributed by atoms with Crippen LogP contribution in [-0.4, -0.2) is 36.0 Å². The van der Waals surface area contributed by atoms with E-state index in [2.05, 4.69) is 10.7 Å². The first-order chi connectivity index (χ1) is 7.65. The molecule has 0 spiro atoms. The van der Waals surface area contributed by atoms with Crippen LogP contribution in [0.5, 0.6) is 0 Å². The molecular formula is C11H21N3O2. The van der Waals surface area contributed by atoms with Crippen LogP contribution in [0.3, 0.4) is 0 Å². The topological polar surface area (TPSA) is 61.4 Å². The Morgan fingerprint density at radius 2 is 1.94 bits per heavy atom. The number of piperidine rings is 1. The molecule has 5 nitrogen and oxygen atoms in total. The normalized spacial score (nSPS) is 21.5. The minimum atomic E-state index is 0.0301. The molecule has 16 heavy (non-hydrogen) atoms. The van der Waals surface area contributed by atoms with E-state index >= 15 is 0 Å². The Bertz CT molecular complexity index is 232. The van der Waals surface area contributed by atoms with Crippen LogP contribution in [0.1, 0.15) is 39.5 Å². The molecule has 0 radical (unpaired) electrons. The van der Waals surface area contributed by atoms with E-state index in [9.17, 15) is 9.59 Å². The van der Waals surface area contributed by atoms with Crippen molar-refractivity contribution in [3.63, 3.8) is 0 Å². The van der Waals surface area contributed by atoms with E-state index in [0.29, 0.717) is 19.4 Å². The molecule has 0 aliphatic carbocycles. The second kappa shape index (κ2) is 6.48. The predicted molar refractivity (Wildman–Crippen MR) is 61.5 cm³/mol. The van der Waals surface area contributed by atoms with Crippen LogP contribution in [0.4, 0.5) is 0 Å². The van der Waals surface area contributed by atoms with E-state index in [4.69, 9.17) is 0 Å². The predicted octanol–water partition coefficient (Wildman–Crippen LogP) is 0.418. The molecule has 5 heteroatoms. The Hall–Kier alpha value is -1.10. The number of carbonyl (C=O) groups is 2. The highest BCUT2D eigenvalue weighted by atomic mass is 16.2. The summed E-state index contributed by atoms with van der Waals surface area (Å²) in [7, 11) is 0. The van der Waals surface area contributed by atoms with Gasteiger partial charge in [-0.05, 0) is 12.8 Å². The van der Waals surface area contributed by atoms with E-state index in [-0.39, 0.29) is 17.9 Å². The van der Waals surface area contributed by atoms with Gasteiger partial charge in [-0.3, -0.25) is 15.0 Å². The molecule has 1 heterocycles. The fourth-order valence-corrected chi connectivity index (χ4v) is 1.78. The molecule has 1 aliphatic rings. The van der Waals surface area contributed by atoms with Gasteiger partial charge in [0.2, 0.25) is 11.8 Å². The third kappa shape index (κ3) is 4.18. The summed E-state index contributed by atoms with van der Waals surface area (Å²) >= 11 is 0. The molecule has 1 unspecified atom stereocenters. The third-order valence-corrected chi connectivity index (χ3v) is 2.71. The SMILES string of the molecule is CCC(=O)NC1CCCN(NC(=O)CC)C1. The lowest BCUT2D eigenvalue weighted by Crippen LogP contribution is -2.53. The van der Waals surface area contributed by atoms with Crippen molar-refractivity contribution in [3.8, 4) is 0 Å². The first-order valence-corrected chi connectivity index (χ1v) is 5.99. The zero-order valence-electron chi connectivity index (χ0n) is 10.1. The van der Waals surface area contributed by atoms with Crippen molar-refractivity contribution in [1.82, 2.24) is 15.8 Å². The largest absolute Gasteiger partial charge is 0.352 e. The molecule has 0 aromatic heterocycles. The third-order valence-electron chi connectivity index (χ3n) is 2.71. The van der Waals surface area contributed by atoms with Gasteiger partial charge in [0.1, 0.15) is 0 Å². The van der Waals surface area contributed by atoms with Gasteiger partial charge >= 0.3 is 0 Å². The van der Waals surface area contributed by atoms with Crippen LogP contribution >= 0.6 is 0 Å². The van der Waals surface area contributed by atoms with Crippen LogP contribution in [-0.2, 0) is 9.59 Å². The van der Waals surface area contributed by atoms with Crippen molar-refractivity contribution in [1.29, 1.82) is 0 Å². The lowest BCUT2D eigenvalue weighted by atomic mass is 10.1. The number of hydrazine groups is 1. The highest BCUT2D eigenvalue weighted by Crippen LogP contribution is 2.08. The minimum absolute atomic E-state index is 0.0301. The monoisotopic (exact) mass is 227 g/mol. The lowest BCUT2D eigenvalue weighted by molar-refractivity contribution is -0.126. The number of hydrogen-bond acceptors (Lipinski definition) is 3. The fourth-order valence-electron chi connectivity index (χ4n) is 1.78. The van der Waals surface area contributed by atoms with E-state index in [1.165, 1.54) is 0 Å². The Labute approximate surface area is 96.5 Å². The van der Waals surface area contributed by atoms with Gasteiger partial charge in [0.05, 0.1) is 0 Å². The van der Waals surface area contributed by atoms with Crippen molar-refractivity contribution in [2.24, 2.45) is 0 Å². The van der Waals surface area contributed by atoms with Gasteiger partial charge in [-0.1, -0.05) is 13.8 Å². The van der Waals surface area contributed by atoms with Crippen LogP contribution in [0.25, 0.3) is 0 Å². The Morgan fingerprint density at radius 1 is 1.25 bits per heavy atom. The first-order valence-electron chi connectivity index (χ1n) is 5.99. The summed E-state index contributed by atoms with van der Waals surface area (Å²) in [5, 5.41) is 4.86. The molecule has 0 saturated carbocycles. The molecule has 2 amide bonds. The van der Waals surface area contributed by atoms with Gasteiger partial charge in [0.25, 0.3) is 0 Å². The second-order valence-electron chi connectivity index (χ2n) is 4.09. The van der Waals surface area contributed by atoms with E-state index in [1.807, 2.05) is 18.9 Å². The van der Waals surface area contributed by atoms with Crippen LogP contribution in [0, 0.1) is 0 Å². The molecule has 1 fully saturated rings.